The van der Waals surface area contributed by atoms with E-state index in [2.05, 4.69) is 218 Å². The van der Waals surface area contributed by atoms with E-state index in [1.807, 2.05) is 12.1 Å². The maximum Gasteiger partial charge on any atom is 0.160 e. The zero-order valence-corrected chi connectivity index (χ0v) is 32.3. The van der Waals surface area contributed by atoms with Crippen LogP contribution >= 0.6 is 0 Å². The minimum absolute atomic E-state index is 0.509. The lowest BCUT2D eigenvalue weighted by atomic mass is 9.67. The molecule has 0 spiro atoms. The summed E-state index contributed by atoms with van der Waals surface area (Å²) in [6.45, 7) is 0. The smallest absolute Gasteiger partial charge is 0.160 e. The van der Waals surface area contributed by atoms with Crippen LogP contribution in [0, 0.1) is 0 Å². The molecular weight excluding hydrogens is 713 g/mol. The molecular formula is C57H38N2. The Morgan fingerprint density at radius 1 is 0.271 bits per heavy atom. The number of rotatable bonds is 7. The first-order valence-corrected chi connectivity index (χ1v) is 20.2. The highest BCUT2D eigenvalue weighted by Gasteiger charge is 2.46. The van der Waals surface area contributed by atoms with Gasteiger partial charge in [0, 0.05) is 16.7 Å². The maximum absolute atomic E-state index is 5.14. The van der Waals surface area contributed by atoms with Crippen LogP contribution in [0.5, 0.6) is 0 Å². The molecule has 0 N–H and O–H groups in total. The minimum atomic E-state index is -0.509. The Morgan fingerprint density at radius 2 is 0.763 bits per heavy atom. The summed E-state index contributed by atoms with van der Waals surface area (Å²) >= 11 is 0. The molecule has 1 aliphatic rings. The lowest BCUT2D eigenvalue weighted by Crippen LogP contribution is -2.28. The predicted octanol–water partition coefficient (Wildman–Crippen LogP) is 14.3. The Bertz CT molecular complexity index is 3020. The molecule has 0 bridgehead atoms. The van der Waals surface area contributed by atoms with E-state index in [9.17, 15) is 0 Å². The number of hydrogen-bond donors (Lipinski definition) is 0. The van der Waals surface area contributed by atoms with Crippen LogP contribution < -0.4 is 0 Å². The SMILES string of the molecule is c1ccc(-c2cc(-c3ccccc3)nc(-c3ccc(-c4cc5c(cc4-c4ccc6ccccc6c4)-c4ccccc4C5(c4ccccc4)c4ccccc4)cc3)n2)cc1. The Morgan fingerprint density at radius 3 is 1.39 bits per heavy atom. The summed E-state index contributed by atoms with van der Waals surface area (Å²) in [7, 11) is 0. The van der Waals surface area contributed by atoms with E-state index in [0.29, 0.717) is 5.82 Å². The number of benzene rings is 9. The number of hydrogen-bond acceptors (Lipinski definition) is 2. The number of fused-ring (bicyclic) bond motifs is 4. The molecule has 1 heterocycles. The molecule has 10 aromatic rings. The van der Waals surface area contributed by atoms with Gasteiger partial charge in [0.2, 0.25) is 0 Å². The molecule has 11 rings (SSSR count). The Kier molecular flexibility index (Phi) is 8.41. The van der Waals surface area contributed by atoms with E-state index in [-0.39, 0.29) is 0 Å². The highest BCUT2D eigenvalue weighted by Crippen LogP contribution is 2.58. The summed E-state index contributed by atoms with van der Waals surface area (Å²) in [5, 5.41) is 2.45. The molecule has 0 unspecified atom stereocenters. The predicted molar refractivity (Wildman–Crippen MR) is 244 cm³/mol. The summed E-state index contributed by atoms with van der Waals surface area (Å²) < 4.78 is 0. The third-order valence-electron chi connectivity index (χ3n) is 12.0. The summed E-state index contributed by atoms with van der Waals surface area (Å²) in [5.41, 5.74) is 16.7. The molecule has 1 aliphatic carbocycles. The fraction of sp³-hybridized carbons (Fsp3) is 0.0175. The van der Waals surface area contributed by atoms with Gasteiger partial charge in [0.1, 0.15) is 0 Å². The number of nitrogens with zero attached hydrogens (tertiary/aromatic N) is 2. The zero-order chi connectivity index (χ0) is 39.2. The Labute approximate surface area is 344 Å². The van der Waals surface area contributed by atoms with Gasteiger partial charge in [-0.1, -0.05) is 206 Å². The van der Waals surface area contributed by atoms with Gasteiger partial charge in [-0.2, -0.15) is 0 Å². The maximum atomic E-state index is 5.14. The normalized spacial score (nSPS) is 12.5. The fourth-order valence-electron chi connectivity index (χ4n) is 9.21. The van der Waals surface area contributed by atoms with Crippen molar-refractivity contribution in [1.29, 1.82) is 0 Å². The molecule has 0 amide bonds. The summed E-state index contributed by atoms with van der Waals surface area (Å²) in [6.07, 6.45) is 0. The molecule has 0 saturated heterocycles. The van der Waals surface area contributed by atoms with E-state index in [4.69, 9.17) is 9.97 Å². The van der Waals surface area contributed by atoms with Crippen LogP contribution in [0.15, 0.2) is 231 Å². The van der Waals surface area contributed by atoms with Crippen molar-refractivity contribution in [3.05, 3.63) is 253 Å². The van der Waals surface area contributed by atoms with Gasteiger partial charge in [0.25, 0.3) is 0 Å². The van der Waals surface area contributed by atoms with Crippen molar-refractivity contribution in [3.8, 4) is 67.3 Å². The van der Waals surface area contributed by atoms with Gasteiger partial charge in [-0.3, -0.25) is 0 Å². The van der Waals surface area contributed by atoms with E-state index in [0.717, 1.165) is 33.6 Å². The minimum Gasteiger partial charge on any atom is -0.228 e. The van der Waals surface area contributed by atoms with Crippen molar-refractivity contribution in [1.82, 2.24) is 9.97 Å². The second-order valence-corrected chi connectivity index (χ2v) is 15.3. The molecule has 2 heteroatoms. The van der Waals surface area contributed by atoms with E-state index in [1.165, 1.54) is 60.8 Å². The average Bonchev–Trinajstić information content (AvgIpc) is 3.62. The van der Waals surface area contributed by atoms with Crippen molar-refractivity contribution in [2.24, 2.45) is 0 Å². The first-order valence-electron chi connectivity index (χ1n) is 20.2. The first-order chi connectivity index (χ1) is 29.2. The summed E-state index contributed by atoms with van der Waals surface area (Å²) in [6, 6.07) is 83.1. The van der Waals surface area contributed by atoms with Crippen LogP contribution in [0.25, 0.3) is 78.1 Å². The average molecular weight is 751 g/mol. The highest BCUT2D eigenvalue weighted by molar-refractivity contribution is 5.97. The second kappa shape index (κ2) is 14.4. The van der Waals surface area contributed by atoms with Crippen molar-refractivity contribution >= 4 is 10.8 Å². The standard InChI is InChI=1S/C57H38N2/c1-5-18-41(19-6-1)54-38-55(42-20-7-2-8-21-42)59-56(58-54)43-32-30-40(31-33-43)50-37-53-51(36-49(50)45-34-29-39-17-13-14-22-44(39)35-45)48-27-15-16-28-52(48)57(53,46-23-9-3-10-24-46)47-25-11-4-12-26-47/h1-38H. The first kappa shape index (κ1) is 34.6. The monoisotopic (exact) mass is 750 g/mol. The molecule has 0 saturated carbocycles. The van der Waals surface area contributed by atoms with Crippen LogP contribution in [0.1, 0.15) is 22.3 Å². The second-order valence-electron chi connectivity index (χ2n) is 15.3. The Balaban J connectivity index is 1.14. The molecule has 0 radical (unpaired) electrons. The van der Waals surface area contributed by atoms with Gasteiger partial charge in [-0.05, 0) is 90.7 Å². The van der Waals surface area contributed by atoms with Gasteiger partial charge in [-0.25, -0.2) is 9.97 Å². The van der Waals surface area contributed by atoms with Gasteiger partial charge >= 0.3 is 0 Å². The molecule has 2 nitrogen and oxygen atoms in total. The van der Waals surface area contributed by atoms with Crippen molar-refractivity contribution in [2.45, 2.75) is 5.41 Å². The van der Waals surface area contributed by atoms with Crippen LogP contribution in [0.4, 0.5) is 0 Å². The third-order valence-corrected chi connectivity index (χ3v) is 12.0. The summed E-state index contributed by atoms with van der Waals surface area (Å²) in [5.74, 6) is 0.697. The molecule has 0 atom stereocenters. The third kappa shape index (κ3) is 5.88. The van der Waals surface area contributed by atoms with Crippen LogP contribution in [-0.4, -0.2) is 9.97 Å². The van der Waals surface area contributed by atoms with Gasteiger partial charge in [-0.15, -0.1) is 0 Å². The lowest BCUT2D eigenvalue weighted by Gasteiger charge is -2.34. The largest absolute Gasteiger partial charge is 0.228 e. The van der Waals surface area contributed by atoms with Crippen LogP contribution in [0.3, 0.4) is 0 Å². The molecule has 9 aromatic carbocycles. The van der Waals surface area contributed by atoms with E-state index in [1.54, 1.807) is 0 Å². The molecule has 59 heavy (non-hydrogen) atoms. The van der Waals surface area contributed by atoms with Crippen LogP contribution in [0.2, 0.25) is 0 Å². The molecule has 276 valence electrons. The fourth-order valence-corrected chi connectivity index (χ4v) is 9.21. The molecule has 0 aliphatic heterocycles. The van der Waals surface area contributed by atoms with Gasteiger partial charge < -0.3 is 0 Å². The van der Waals surface area contributed by atoms with Crippen LogP contribution in [-0.2, 0) is 5.41 Å². The van der Waals surface area contributed by atoms with Crippen molar-refractivity contribution in [2.75, 3.05) is 0 Å². The van der Waals surface area contributed by atoms with E-state index >= 15 is 0 Å². The van der Waals surface area contributed by atoms with Crippen molar-refractivity contribution < 1.29 is 0 Å². The molecule has 0 fully saturated rings. The lowest BCUT2D eigenvalue weighted by molar-refractivity contribution is 0.769. The topological polar surface area (TPSA) is 25.8 Å². The van der Waals surface area contributed by atoms with Gasteiger partial charge in [0.05, 0.1) is 16.8 Å². The quantitative estimate of drug-likeness (QED) is 0.162. The molecule has 1 aromatic heterocycles. The number of aromatic nitrogens is 2. The zero-order valence-electron chi connectivity index (χ0n) is 32.3. The highest BCUT2D eigenvalue weighted by atomic mass is 14.9. The van der Waals surface area contributed by atoms with E-state index < -0.39 is 5.41 Å². The van der Waals surface area contributed by atoms with Crippen molar-refractivity contribution in [3.63, 3.8) is 0 Å². The van der Waals surface area contributed by atoms with Gasteiger partial charge in [0.15, 0.2) is 5.82 Å². The Hall–Kier alpha value is -7.68. The summed E-state index contributed by atoms with van der Waals surface area (Å²) in [4.78, 5) is 10.3.